The van der Waals surface area contributed by atoms with E-state index in [1.54, 1.807) is 72.9 Å². The molecular formula is C24H22N4O4. The van der Waals surface area contributed by atoms with Crippen LogP contribution in [-0.4, -0.2) is 30.3 Å². The quantitative estimate of drug-likeness (QED) is 0.310. The van der Waals surface area contributed by atoms with E-state index in [4.69, 9.17) is 10.5 Å². The summed E-state index contributed by atoms with van der Waals surface area (Å²) in [4.78, 5) is 24.3. The van der Waals surface area contributed by atoms with Crippen LogP contribution in [0, 0.1) is 0 Å². The van der Waals surface area contributed by atoms with Gasteiger partial charge in [0.15, 0.2) is 6.23 Å². The fraction of sp³-hybridized carbons (Fsp3) is 0.0833. The lowest BCUT2D eigenvalue weighted by molar-refractivity contribution is 0.0600. The topological polar surface area (TPSA) is 126 Å². The average Bonchev–Trinajstić information content (AvgIpc) is 3.13. The molecule has 6 N–H and O–H groups in total. The minimum Gasteiger partial charge on any atom is -0.465 e. The molecule has 3 aromatic rings. The van der Waals surface area contributed by atoms with Gasteiger partial charge >= 0.3 is 5.97 Å². The Labute approximate surface area is 184 Å². The van der Waals surface area contributed by atoms with Crippen molar-refractivity contribution in [1.82, 2.24) is 0 Å². The third kappa shape index (κ3) is 4.26. The van der Waals surface area contributed by atoms with Gasteiger partial charge in [-0.15, -0.1) is 0 Å². The average molecular weight is 430 g/mol. The lowest BCUT2D eigenvalue weighted by Gasteiger charge is -2.09. The summed E-state index contributed by atoms with van der Waals surface area (Å²) in [5.41, 5.74) is 10.5. The van der Waals surface area contributed by atoms with Crippen LogP contribution in [0.4, 0.5) is 22.7 Å². The highest BCUT2D eigenvalue weighted by atomic mass is 16.5. The van der Waals surface area contributed by atoms with Gasteiger partial charge in [-0.3, -0.25) is 4.79 Å². The molecule has 0 saturated heterocycles. The second-order valence-corrected chi connectivity index (χ2v) is 7.16. The van der Waals surface area contributed by atoms with Crippen LogP contribution >= 0.6 is 0 Å². The number of fused-ring (bicyclic) bond motifs is 1. The van der Waals surface area contributed by atoms with Crippen LogP contribution in [0.3, 0.4) is 0 Å². The van der Waals surface area contributed by atoms with Crippen molar-refractivity contribution in [3.8, 4) is 0 Å². The number of amides is 1. The van der Waals surface area contributed by atoms with Crippen molar-refractivity contribution in [1.29, 1.82) is 0 Å². The molecule has 0 fully saturated rings. The fourth-order valence-electron chi connectivity index (χ4n) is 3.37. The van der Waals surface area contributed by atoms with E-state index in [1.165, 1.54) is 7.11 Å². The summed E-state index contributed by atoms with van der Waals surface area (Å²) >= 11 is 0. The number of rotatable bonds is 5. The van der Waals surface area contributed by atoms with Gasteiger partial charge in [0.2, 0.25) is 0 Å². The van der Waals surface area contributed by atoms with Gasteiger partial charge in [0.05, 0.1) is 24.0 Å². The largest absolute Gasteiger partial charge is 0.465 e. The van der Waals surface area contributed by atoms with Crippen molar-refractivity contribution < 1.29 is 19.4 Å². The molecule has 0 bridgehead atoms. The van der Waals surface area contributed by atoms with Crippen LogP contribution in [-0.2, 0) is 4.74 Å². The number of aliphatic hydroxyl groups excluding tert-OH is 1. The first kappa shape index (κ1) is 21.0. The van der Waals surface area contributed by atoms with Gasteiger partial charge in [-0.1, -0.05) is 12.1 Å². The van der Waals surface area contributed by atoms with Gasteiger partial charge in [0.1, 0.15) is 0 Å². The van der Waals surface area contributed by atoms with Gasteiger partial charge in [-0.2, -0.15) is 0 Å². The number of methoxy groups -OCH3 is 1. The molecule has 8 nitrogen and oxygen atoms in total. The van der Waals surface area contributed by atoms with Crippen molar-refractivity contribution in [3.05, 3.63) is 89.6 Å². The van der Waals surface area contributed by atoms with Crippen LogP contribution in [0.2, 0.25) is 0 Å². The zero-order valence-corrected chi connectivity index (χ0v) is 17.3. The zero-order valence-electron chi connectivity index (χ0n) is 17.3. The number of para-hydroxylation sites is 2. The van der Waals surface area contributed by atoms with Crippen molar-refractivity contribution >= 4 is 40.2 Å². The first-order valence-corrected chi connectivity index (χ1v) is 9.86. The summed E-state index contributed by atoms with van der Waals surface area (Å²) < 4.78 is 4.77. The Morgan fingerprint density at radius 1 is 1.06 bits per heavy atom. The third-order valence-corrected chi connectivity index (χ3v) is 5.09. The Bertz CT molecular complexity index is 1200. The number of hydrogen-bond donors (Lipinski definition) is 5. The van der Waals surface area contributed by atoms with Gasteiger partial charge in [0.25, 0.3) is 5.91 Å². The molecule has 1 unspecified atom stereocenters. The van der Waals surface area contributed by atoms with Gasteiger partial charge in [0, 0.05) is 34.3 Å². The molecule has 1 amide bonds. The minimum atomic E-state index is -0.924. The van der Waals surface area contributed by atoms with Gasteiger partial charge in [-0.05, 0) is 54.6 Å². The molecule has 8 heteroatoms. The number of nitrogens with one attached hydrogen (secondary N) is 3. The maximum absolute atomic E-state index is 12.5. The number of hydrogen-bond acceptors (Lipinski definition) is 7. The maximum atomic E-state index is 12.5. The van der Waals surface area contributed by atoms with Crippen molar-refractivity contribution in [2.75, 3.05) is 28.8 Å². The van der Waals surface area contributed by atoms with Gasteiger partial charge < -0.3 is 31.5 Å². The van der Waals surface area contributed by atoms with E-state index in [0.29, 0.717) is 39.3 Å². The minimum absolute atomic E-state index is 0.271. The molecule has 1 heterocycles. The second kappa shape index (κ2) is 8.83. The van der Waals surface area contributed by atoms with E-state index in [0.717, 1.165) is 5.69 Å². The number of carbonyl (C=O) groups excluding carboxylic acids is 2. The van der Waals surface area contributed by atoms with E-state index < -0.39 is 12.2 Å². The highest BCUT2D eigenvalue weighted by Crippen LogP contribution is 2.35. The molecule has 4 rings (SSSR count). The summed E-state index contributed by atoms with van der Waals surface area (Å²) in [6.45, 7) is 0. The highest BCUT2D eigenvalue weighted by molar-refractivity contribution is 6.06. The standard InChI is InChI=1S/C24H22N4O4/c1-32-24(31)15-8-11-20-17(12-15)18(23(30)27-20)13-26-16-9-6-14(7-10-16)22(29)28-21-5-3-2-4-19(21)25/h2-13,23,26-27,30H,25H2,1H3,(H,28,29)/b18-13-. The number of esters is 1. The predicted molar refractivity (Wildman–Crippen MR) is 124 cm³/mol. The lowest BCUT2D eigenvalue weighted by atomic mass is 10.0. The van der Waals surface area contributed by atoms with Crippen molar-refractivity contribution in [2.24, 2.45) is 0 Å². The maximum Gasteiger partial charge on any atom is 0.337 e. The van der Waals surface area contributed by atoms with Crippen LogP contribution < -0.4 is 21.7 Å². The fourth-order valence-corrected chi connectivity index (χ4v) is 3.37. The highest BCUT2D eigenvalue weighted by Gasteiger charge is 2.25. The molecule has 1 aliphatic heterocycles. The Hall–Kier alpha value is -4.30. The van der Waals surface area contributed by atoms with Gasteiger partial charge in [-0.25, -0.2) is 4.79 Å². The number of aliphatic hydroxyl groups is 1. The summed E-state index contributed by atoms with van der Waals surface area (Å²) in [6, 6.07) is 18.9. The smallest absolute Gasteiger partial charge is 0.337 e. The Balaban J connectivity index is 1.48. The summed E-state index contributed by atoms with van der Waals surface area (Å²) in [6.07, 6.45) is 0.733. The van der Waals surface area contributed by atoms with Crippen LogP contribution in [0.1, 0.15) is 26.3 Å². The molecule has 162 valence electrons. The van der Waals surface area contributed by atoms with Crippen LogP contribution in [0.15, 0.2) is 72.9 Å². The number of carbonyl (C=O) groups is 2. The second-order valence-electron chi connectivity index (χ2n) is 7.16. The van der Waals surface area contributed by atoms with E-state index >= 15 is 0 Å². The van der Waals surface area contributed by atoms with Crippen LogP contribution in [0.25, 0.3) is 5.57 Å². The zero-order chi connectivity index (χ0) is 22.7. The molecule has 1 atom stereocenters. The number of nitrogen functional groups attached to an aromatic ring is 1. The van der Waals surface area contributed by atoms with Crippen LogP contribution in [0.5, 0.6) is 0 Å². The third-order valence-electron chi connectivity index (χ3n) is 5.09. The Kier molecular flexibility index (Phi) is 5.78. The number of benzene rings is 3. The number of anilines is 4. The molecular weight excluding hydrogens is 408 g/mol. The summed E-state index contributed by atoms with van der Waals surface area (Å²) in [5.74, 6) is -0.722. The first-order chi connectivity index (χ1) is 15.5. The molecule has 32 heavy (non-hydrogen) atoms. The van der Waals surface area contributed by atoms with E-state index in [9.17, 15) is 14.7 Å². The first-order valence-electron chi connectivity index (χ1n) is 9.86. The monoisotopic (exact) mass is 430 g/mol. The van der Waals surface area contributed by atoms with E-state index in [2.05, 4.69) is 16.0 Å². The molecule has 0 radical (unpaired) electrons. The van der Waals surface area contributed by atoms with Crippen molar-refractivity contribution in [2.45, 2.75) is 6.23 Å². The lowest BCUT2D eigenvalue weighted by Crippen LogP contribution is -2.13. The molecule has 0 saturated carbocycles. The summed E-state index contributed by atoms with van der Waals surface area (Å²) in [7, 11) is 1.32. The Morgan fingerprint density at radius 2 is 1.78 bits per heavy atom. The number of ether oxygens (including phenoxy) is 1. The normalized spacial score (nSPS) is 15.6. The molecule has 3 aromatic carbocycles. The molecule has 0 aromatic heterocycles. The molecule has 0 aliphatic carbocycles. The van der Waals surface area contributed by atoms with E-state index in [-0.39, 0.29) is 5.91 Å². The van der Waals surface area contributed by atoms with E-state index in [1.807, 2.05) is 0 Å². The van der Waals surface area contributed by atoms with Crippen molar-refractivity contribution in [3.63, 3.8) is 0 Å². The SMILES string of the molecule is COC(=O)c1ccc2c(c1)/C(=C/Nc1ccc(C(=O)Nc3ccccc3N)cc1)C(O)N2. The molecule has 0 spiro atoms. The number of nitrogens with two attached hydrogens (primary N) is 1. The summed E-state index contributed by atoms with van der Waals surface area (Å²) in [5, 5.41) is 19.2. The molecule has 1 aliphatic rings. The predicted octanol–water partition coefficient (Wildman–Crippen LogP) is 3.50. The Morgan fingerprint density at radius 3 is 2.50 bits per heavy atom.